The van der Waals surface area contributed by atoms with Gasteiger partial charge in [0.25, 0.3) is 5.91 Å². The molecule has 3 heterocycles. The van der Waals surface area contributed by atoms with Crippen LogP contribution in [0.5, 0.6) is 0 Å². The first-order valence-corrected chi connectivity index (χ1v) is 12.6. The van der Waals surface area contributed by atoms with Crippen LogP contribution in [-0.4, -0.2) is 43.8 Å². The highest BCUT2D eigenvalue weighted by atomic mass is 32.2. The maximum atomic E-state index is 13.4. The fourth-order valence-corrected chi connectivity index (χ4v) is 6.19. The van der Waals surface area contributed by atoms with Gasteiger partial charge in [-0.25, -0.2) is 13.1 Å². The van der Waals surface area contributed by atoms with Gasteiger partial charge in [0.2, 0.25) is 15.9 Å². The highest BCUT2D eigenvalue weighted by molar-refractivity contribution is 7.89. The Labute approximate surface area is 190 Å². The van der Waals surface area contributed by atoms with Gasteiger partial charge in [-0.3, -0.25) is 9.59 Å². The Kier molecular flexibility index (Phi) is 5.11. The minimum atomic E-state index is -3.83. The lowest BCUT2D eigenvalue weighted by Crippen LogP contribution is -2.51. The molecule has 2 aliphatic rings. The van der Waals surface area contributed by atoms with Gasteiger partial charge in [-0.15, -0.1) is 0 Å². The molecule has 9 heteroatoms. The van der Waals surface area contributed by atoms with Gasteiger partial charge in [-0.2, -0.15) is 11.3 Å². The van der Waals surface area contributed by atoms with Gasteiger partial charge < -0.3 is 10.2 Å². The lowest BCUT2D eigenvalue weighted by molar-refractivity contribution is -0.120. The molecule has 2 amide bonds. The molecule has 2 N–H and O–H groups in total. The molecular formula is C23H21N3O4S2. The predicted octanol–water partition coefficient (Wildman–Crippen LogP) is 3.24. The number of amides is 2. The summed E-state index contributed by atoms with van der Waals surface area (Å²) >= 11 is 1.57. The fraction of sp³-hybridized carbons (Fsp3) is 0.217. The van der Waals surface area contributed by atoms with Gasteiger partial charge in [0.15, 0.2) is 0 Å². The summed E-state index contributed by atoms with van der Waals surface area (Å²) in [4.78, 5) is 28.0. The molecule has 32 heavy (non-hydrogen) atoms. The van der Waals surface area contributed by atoms with E-state index in [0.717, 1.165) is 16.7 Å². The average molecular weight is 468 g/mol. The number of nitrogens with zero attached hydrogens (tertiary/aromatic N) is 1. The van der Waals surface area contributed by atoms with Crippen LogP contribution in [0.1, 0.15) is 22.3 Å². The number of benzene rings is 2. The predicted molar refractivity (Wildman–Crippen MR) is 123 cm³/mol. The molecule has 7 nitrogen and oxygen atoms in total. The lowest BCUT2D eigenvalue weighted by Gasteiger charge is -2.24. The third kappa shape index (κ3) is 3.62. The maximum Gasteiger partial charge on any atom is 0.256 e. The number of rotatable bonds is 4. The third-order valence-electron chi connectivity index (χ3n) is 5.93. The zero-order valence-electron chi connectivity index (χ0n) is 17.2. The van der Waals surface area contributed by atoms with Crippen molar-refractivity contribution in [1.82, 2.24) is 9.62 Å². The summed E-state index contributed by atoms with van der Waals surface area (Å²) in [6.07, 6.45) is 0.356. The van der Waals surface area contributed by atoms with Crippen molar-refractivity contribution in [2.24, 2.45) is 0 Å². The molecular weight excluding hydrogens is 446 g/mol. The second-order valence-electron chi connectivity index (χ2n) is 8.03. The first kappa shape index (κ1) is 20.9. The number of fused-ring (bicyclic) bond motifs is 2. The monoisotopic (exact) mass is 467 g/mol. The smallest absolute Gasteiger partial charge is 0.256 e. The van der Waals surface area contributed by atoms with Gasteiger partial charge in [-0.1, -0.05) is 23.8 Å². The van der Waals surface area contributed by atoms with E-state index < -0.39 is 28.0 Å². The molecule has 0 bridgehead atoms. The van der Waals surface area contributed by atoms with E-state index in [1.165, 1.54) is 17.0 Å². The lowest BCUT2D eigenvalue weighted by atomic mass is 10.0. The number of thiophene rings is 1. The summed E-state index contributed by atoms with van der Waals surface area (Å²) in [6, 6.07) is 12.2. The molecule has 5 rings (SSSR count). The van der Waals surface area contributed by atoms with Crippen molar-refractivity contribution >= 4 is 38.9 Å². The van der Waals surface area contributed by atoms with Crippen LogP contribution in [0.25, 0.3) is 11.1 Å². The van der Waals surface area contributed by atoms with Crippen LogP contribution in [0.4, 0.5) is 5.69 Å². The first-order chi connectivity index (χ1) is 15.3. The van der Waals surface area contributed by atoms with Crippen molar-refractivity contribution in [3.05, 3.63) is 70.4 Å². The van der Waals surface area contributed by atoms with E-state index in [0.29, 0.717) is 24.2 Å². The Hall–Kier alpha value is -3.01. The Bertz CT molecular complexity index is 1300. The largest absolute Gasteiger partial charge is 0.325 e. The second-order valence-corrected chi connectivity index (χ2v) is 10.5. The van der Waals surface area contributed by atoms with Crippen molar-refractivity contribution in [2.45, 2.75) is 30.3 Å². The van der Waals surface area contributed by atoms with Crippen LogP contribution in [0.2, 0.25) is 0 Å². The number of carbonyl (C=O) groups is 2. The van der Waals surface area contributed by atoms with Crippen molar-refractivity contribution in [3.8, 4) is 11.1 Å². The molecule has 2 aromatic carbocycles. The Balaban J connectivity index is 1.44. The molecule has 0 aliphatic carbocycles. The summed E-state index contributed by atoms with van der Waals surface area (Å²) in [6.45, 7) is 2.17. The van der Waals surface area contributed by atoms with Gasteiger partial charge in [0, 0.05) is 6.54 Å². The number of carbonyl (C=O) groups excluding carboxylic acids is 2. The number of aryl methyl sites for hydroxylation is 1. The molecule has 2 unspecified atom stereocenters. The summed E-state index contributed by atoms with van der Waals surface area (Å²) in [5.41, 5.74) is 3.69. The van der Waals surface area contributed by atoms with Crippen LogP contribution >= 0.6 is 11.3 Å². The van der Waals surface area contributed by atoms with E-state index in [1.54, 1.807) is 35.6 Å². The topological polar surface area (TPSA) is 95.6 Å². The van der Waals surface area contributed by atoms with E-state index >= 15 is 0 Å². The molecule has 1 aromatic heterocycles. The number of hydrogen-bond acceptors (Lipinski definition) is 5. The molecule has 2 atom stereocenters. The van der Waals surface area contributed by atoms with E-state index in [4.69, 9.17) is 0 Å². The molecule has 164 valence electrons. The minimum absolute atomic E-state index is 0.130. The molecule has 1 fully saturated rings. The fourth-order valence-electron chi connectivity index (χ4n) is 4.25. The number of nitrogens with one attached hydrogen (secondary N) is 2. The first-order valence-electron chi connectivity index (χ1n) is 10.2. The average Bonchev–Trinajstić information content (AvgIpc) is 3.42. The second kappa shape index (κ2) is 7.84. The van der Waals surface area contributed by atoms with Gasteiger partial charge in [-0.05, 0) is 65.6 Å². The zero-order valence-corrected chi connectivity index (χ0v) is 18.9. The molecule has 2 aliphatic heterocycles. The van der Waals surface area contributed by atoms with Crippen LogP contribution in [-0.2, 0) is 14.8 Å². The van der Waals surface area contributed by atoms with Crippen molar-refractivity contribution in [3.63, 3.8) is 0 Å². The van der Waals surface area contributed by atoms with Gasteiger partial charge in [0.1, 0.15) is 6.04 Å². The van der Waals surface area contributed by atoms with Crippen molar-refractivity contribution < 1.29 is 18.0 Å². The number of anilines is 1. The van der Waals surface area contributed by atoms with E-state index in [2.05, 4.69) is 10.0 Å². The van der Waals surface area contributed by atoms with Gasteiger partial charge >= 0.3 is 0 Å². The molecule has 0 radical (unpaired) electrons. The number of sulfonamides is 1. The third-order valence-corrected chi connectivity index (χ3v) is 8.12. The van der Waals surface area contributed by atoms with Crippen LogP contribution in [0, 0.1) is 6.92 Å². The standard InChI is InChI=1S/C23H21N3O4S2/c1-14-2-5-17(6-3-14)32(29,30)25-20-8-10-26-21(20)22(27)24-19-7-4-15(12-18(19)23(26)28)16-9-11-31-13-16/h2-7,9,11-13,20-21,25H,8,10H2,1H3,(H,24,27). The summed E-state index contributed by atoms with van der Waals surface area (Å²) in [5.74, 6) is -0.674. The summed E-state index contributed by atoms with van der Waals surface area (Å²) in [7, 11) is -3.83. The quantitative estimate of drug-likeness (QED) is 0.616. The SMILES string of the molecule is Cc1ccc(S(=O)(=O)NC2CCN3C(=O)c4cc(-c5ccsc5)ccc4NC(=O)C23)cc1. The zero-order chi connectivity index (χ0) is 22.5. The molecule has 1 saturated heterocycles. The molecule has 3 aromatic rings. The van der Waals surface area contributed by atoms with E-state index in [-0.39, 0.29) is 10.8 Å². The van der Waals surface area contributed by atoms with Crippen LogP contribution < -0.4 is 10.0 Å². The molecule has 0 spiro atoms. The normalized spacial score (nSPS) is 20.5. The van der Waals surface area contributed by atoms with Crippen LogP contribution in [0.15, 0.2) is 64.2 Å². The van der Waals surface area contributed by atoms with Gasteiger partial charge in [0.05, 0.1) is 22.2 Å². The van der Waals surface area contributed by atoms with Crippen LogP contribution in [0.3, 0.4) is 0 Å². The summed E-state index contributed by atoms with van der Waals surface area (Å²) < 4.78 is 28.4. The minimum Gasteiger partial charge on any atom is -0.325 e. The highest BCUT2D eigenvalue weighted by Crippen LogP contribution is 2.33. The highest BCUT2D eigenvalue weighted by Gasteiger charge is 2.46. The summed E-state index contributed by atoms with van der Waals surface area (Å²) in [5, 5.41) is 6.79. The Morgan fingerprint density at radius 3 is 2.56 bits per heavy atom. The van der Waals surface area contributed by atoms with Crippen molar-refractivity contribution in [2.75, 3.05) is 11.9 Å². The van der Waals surface area contributed by atoms with Crippen molar-refractivity contribution in [1.29, 1.82) is 0 Å². The number of hydrogen-bond donors (Lipinski definition) is 2. The Morgan fingerprint density at radius 1 is 1.06 bits per heavy atom. The van der Waals surface area contributed by atoms with E-state index in [9.17, 15) is 18.0 Å². The maximum absolute atomic E-state index is 13.4. The molecule has 0 saturated carbocycles. The van der Waals surface area contributed by atoms with E-state index in [1.807, 2.05) is 29.8 Å². The Morgan fingerprint density at radius 2 is 1.84 bits per heavy atom.